The third-order valence-electron chi connectivity index (χ3n) is 5.70. The van der Waals surface area contributed by atoms with E-state index in [9.17, 15) is 5.11 Å². The third-order valence-corrected chi connectivity index (χ3v) is 5.70. The topological polar surface area (TPSA) is 72.9 Å². The van der Waals surface area contributed by atoms with Crippen molar-refractivity contribution in [2.75, 3.05) is 19.8 Å². The number of benzene rings is 2. The zero-order valence-corrected chi connectivity index (χ0v) is 20.8. The zero-order valence-electron chi connectivity index (χ0n) is 20.8. The van der Waals surface area contributed by atoms with E-state index in [4.69, 9.17) is 19.0 Å². The van der Waals surface area contributed by atoms with Crippen molar-refractivity contribution in [1.29, 1.82) is 0 Å². The summed E-state index contributed by atoms with van der Waals surface area (Å²) in [5.41, 5.74) is 3.80. The molecule has 2 heterocycles. The van der Waals surface area contributed by atoms with Gasteiger partial charge in [0.2, 0.25) is 5.88 Å². The second-order valence-corrected chi connectivity index (χ2v) is 8.76. The normalized spacial score (nSPS) is 12.1. The third kappa shape index (κ3) is 6.73. The Hall–Kier alpha value is -3.65. The Morgan fingerprint density at radius 2 is 1.92 bits per heavy atom. The first kappa shape index (κ1) is 25.4. The summed E-state index contributed by atoms with van der Waals surface area (Å²) in [4.78, 5) is 2.11. The van der Waals surface area contributed by atoms with Crippen LogP contribution in [0.5, 0.6) is 11.6 Å². The Morgan fingerprint density at radius 3 is 2.64 bits per heavy atom. The number of ether oxygens (including phenoxy) is 2. The molecule has 0 aliphatic carbocycles. The molecule has 188 valence electrons. The molecule has 7 heteroatoms. The largest absolute Gasteiger partial charge is 0.468 e. The predicted octanol–water partition coefficient (Wildman–Crippen LogP) is 5.44. The summed E-state index contributed by atoms with van der Waals surface area (Å²) in [7, 11) is 0. The molecule has 2 aromatic heterocycles. The van der Waals surface area contributed by atoms with Gasteiger partial charge in [-0.05, 0) is 55.8 Å². The number of furan rings is 1. The molecule has 0 fully saturated rings. The van der Waals surface area contributed by atoms with Gasteiger partial charge in [0.1, 0.15) is 11.5 Å². The van der Waals surface area contributed by atoms with E-state index in [1.807, 2.05) is 85.3 Å². The molecule has 0 bridgehead atoms. The van der Waals surface area contributed by atoms with Gasteiger partial charge in [-0.15, -0.1) is 6.58 Å². The molecule has 0 radical (unpaired) electrons. The van der Waals surface area contributed by atoms with Gasteiger partial charge in [0, 0.05) is 13.1 Å². The fraction of sp³-hybridized carbons (Fsp3) is 0.276. The number of para-hydroxylation sites is 1. The summed E-state index contributed by atoms with van der Waals surface area (Å²) < 4.78 is 19.4. The molecule has 7 nitrogen and oxygen atoms in total. The Labute approximate surface area is 212 Å². The molecule has 0 aliphatic rings. The van der Waals surface area contributed by atoms with Crippen molar-refractivity contribution in [1.82, 2.24) is 14.7 Å². The maximum Gasteiger partial charge on any atom is 0.227 e. The molecule has 36 heavy (non-hydrogen) atoms. The minimum atomic E-state index is -0.675. The van der Waals surface area contributed by atoms with Crippen LogP contribution in [-0.2, 0) is 17.8 Å². The summed E-state index contributed by atoms with van der Waals surface area (Å²) in [5.74, 6) is 2.19. The zero-order chi connectivity index (χ0) is 25.3. The van der Waals surface area contributed by atoms with E-state index in [0.717, 1.165) is 34.0 Å². The number of hydrogen-bond acceptors (Lipinski definition) is 6. The lowest BCUT2D eigenvalue weighted by Gasteiger charge is -2.24. The van der Waals surface area contributed by atoms with Gasteiger partial charge in [0.15, 0.2) is 0 Å². The van der Waals surface area contributed by atoms with E-state index < -0.39 is 6.10 Å². The fourth-order valence-electron chi connectivity index (χ4n) is 4.03. The van der Waals surface area contributed by atoms with Crippen molar-refractivity contribution in [3.63, 3.8) is 0 Å². The molecule has 4 rings (SSSR count). The second kappa shape index (κ2) is 12.4. The van der Waals surface area contributed by atoms with Crippen LogP contribution in [0.2, 0.25) is 0 Å². The highest BCUT2D eigenvalue weighted by molar-refractivity contribution is 5.43. The van der Waals surface area contributed by atoms with Crippen LogP contribution in [0.4, 0.5) is 0 Å². The first-order valence-corrected chi connectivity index (χ1v) is 12.0. The van der Waals surface area contributed by atoms with E-state index in [-0.39, 0.29) is 6.61 Å². The molecule has 1 N–H and O–H groups in total. The quantitative estimate of drug-likeness (QED) is 0.200. The van der Waals surface area contributed by atoms with Gasteiger partial charge in [0.25, 0.3) is 0 Å². The number of aromatic nitrogens is 2. The molecule has 0 amide bonds. The molecular formula is C29H33N3O4. The highest BCUT2D eigenvalue weighted by Crippen LogP contribution is 2.32. The molecule has 0 unspecified atom stereocenters. The number of hydrogen-bond donors (Lipinski definition) is 1. The molecule has 4 aromatic rings. The van der Waals surface area contributed by atoms with Gasteiger partial charge in [-0.3, -0.25) is 4.90 Å². The lowest BCUT2D eigenvalue weighted by molar-refractivity contribution is 0.0214. The molecule has 0 saturated carbocycles. The molecule has 0 saturated heterocycles. The average molecular weight is 488 g/mol. The monoisotopic (exact) mass is 487 g/mol. The second-order valence-electron chi connectivity index (χ2n) is 8.76. The molecule has 0 aliphatic heterocycles. The summed E-state index contributed by atoms with van der Waals surface area (Å²) in [6.07, 6.45) is 2.65. The van der Waals surface area contributed by atoms with Crippen LogP contribution in [0.25, 0.3) is 5.69 Å². The van der Waals surface area contributed by atoms with Crippen LogP contribution in [0.1, 0.15) is 22.6 Å². The van der Waals surface area contributed by atoms with Crippen LogP contribution in [-0.4, -0.2) is 45.6 Å². The van der Waals surface area contributed by atoms with Crippen LogP contribution < -0.4 is 4.74 Å². The summed E-state index contributed by atoms with van der Waals surface area (Å²) in [5, 5.41) is 15.5. The first-order chi connectivity index (χ1) is 17.5. The Morgan fingerprint density at radius 1 is 1.08 bits per heavy atom. The minimum absolute atomic E-state index is 0.218. The maximum absolute atomic E-state index is 10.7. The van der Waals surface area contributed by atoms with Crippen molar-refractivity contribution >= 4 is 0 Å². The van der Waals surface area contributed by atoms with Gasteiger partial charge in [0.05, 0.1) is 49.1 Å². The summed E-state index contributed by atoms with van der Waals surface area (Å²) >= 11 is 0. The van der Waals surface area contributed by atoms with Crippen LogP contribution in [0.15, 0.2) is 90.1 Å². The Bertz CT molecular complexity index is 1230. The number of aryl methyl sites for hydroxylation is 2. The summed E-state index contributed by atoms with van der Waals surface area (Å²) in [6, 6.07) is 21.7. The van der Waals surface area contributed by atoms with Crippen LogP contribution in [0.3, 0.4) is 0 Å². The number of nitrogens with zero attached hydrogens (tertiary/aromatic N) is 3. The van der Waals surface area contributed by atoms with Crippen LogP contribution >= 0.6 is 0 Å². The molecule has 1 atom stereocenters. The van der Waals surface area contributed by atoms with E-state index in [2.05, 4.69) is 11.5 Å². The van der Waals surface area contributed by atoms with Gasteiger partial charge in [-0.2, -0.15) is 5.10 Å². The highest BCUT2D eigenvalue weighted by Gasteiger charge is 2.23. The number of aliphatic hydroxyl groups excluding tert-OH is 1. The molecule has 0 spiro atoms. The minimum Gasteiger partial charge on any atom is -0.468 e. The molecule has 2 aromatic carbocycles. The van der Waals surface area contributed by atoms with Gasteiger partial charge < -0.3 is 19.0 Å². The van der Waals surface area contributed by atoms with E-state index in [1.54, 1.807) is 12.3 Å². The smallest absolute Gasteiger partial charge is 0.227 e. The standard InChI is InChI=1S/C29H33N3O4/c1-4-15-34-21-25(33)18-31(19-27-14-9-16-35-27)20-28-23(3)30-32(24-11-6-5-7-12-24)29(28)36-26-13-8-10-22(2)17-26/h4-14,16-17,25,33H,1,15,18-21H2,2-3H3/t25-/m1/s1. The van der Waals surface area contributed by atoms with Crippen molar-refractivity contribution in [2.45, 2.75) is 33.0 Å². The Balaban J connectivity index is 1.67. The summed E-state index contributed by atoms with van der Waals surface area (Å²) in [6.45, 7) is 9.69. The van der Waals surface area contributed by atoms with Crippen molar-refractivity contribution in [3.8, 4) is 17.3 Å². The lowest BCUT2D eigenvalue weighted by atomic mass is 10.2. The maximum atomic E-state index is 10.7. The van der Waals surface area contributed by atoms with E-state index >= 15 is 0 Å². The number of rotatable bonds is 13. The van der Waals surface area contributed by atoms with Gasteiger partial charge >= 0.3 is 0 Å². The first-order valence-electron chi connectivity index (χ1n) is 12.0. The Kier molecular flexibility index (Phi) is 8.73. The fourth-order valence-corrected chi connectivity index (χ4v) is 4.03. The highest BCUT2D eigenvalue weighted by atomic mass is 16.5. The lowest BCUT2D eigenvalue weighted by Crippen LogP contribution is -2.34. The average Bonchev–Trinajstić information content (AvgIpc) is 3.48. The van der Waals surface area contributed by atoms with Crippen molar-refractivity contribution in [3.05, 3.63) is 108 Å². The number of aliphatic hydroxyl groups is 1. The molecular weight excluding hydrogens is 454 g/mol. The van der Waals surface area contributed by atoms with Gasteiger partial charge in [-0.1, -0.05) is 36.4 Å². The van der Waals surface area contributed by atoms with Crippen LogP contribution in [0, 0.1) is 13.8 Å². The van der Waals surface area contributed by atoms with Crippen molar-refractivity contribution in [2.24, 2.45) is 0 Å². The van der Waals surface area contributed by atoms with Crippen molar-refractivity contribution < 1.29 is 19.0 Å². The van der Waals surface area contributed by atoms with E-state index in [0.29, 0.717) is 32.1 Å². The SMILES string of the molecule is C=CCOC[C@H](O)CN(Cc1ccco1)Cc1c(C)nn(-c2ccccc2)c1Oc1cccc(C)c1. The van der Waals surface area contributed by atoms with Gasteiger partial charge in [-0.25, -0.2) is 4.68 Å². The predicted molar refractivity (Wildman–Crippen MR) is 139 cm³/mol. The van der Waals surface area contributed by atoms with E-state index in [1.165, 1.54) is 0 Å².